The number of carbonyl (C=O) groups excluding carboxylic acids is 2. The Balaban J connectivity index is 1.96. The van der Waals surface area contributed by atoms with Gasteiger partial charge in [0.2, 0.25) is 5.89 Å². The zero-order valence-electron chi connectivity index (χ0n) is 16.6. The Morgan fingerprint density at radius 1 is 1.29 bits per heavy atom. The largest absolute Gasteiger partial charge is 0.481 e. The van der Waals surface area contributed by atoms with Gasteiger partial charge in [-0.2, -0.15) is 4.98 Å². The molecule has 9 nitrogen and oxygen atoms in total. The van der Waals surface area contributed by atoms with Gasteiger partial charge < -0.3 is 19.3 Å². The van der Waals surface area contributed by atoms with Crippen LogP contribution in [0.5, 0.6) is 0 Å². The summed E-state index contributed by atoms with van der Waals surface area (Å²) < 4.78 is 9.71. The van der Waals surface area contributed by atoms with Crippen LogP contribution in [0.1, 0.15) is 80.2 Å². The predicted molar refractivity (Wildman–Crippen MR) is 98.7 cm³/mol. The highest BCUT2D eigenvalue weighted by Crippen LogP contribution is 2.31. The molecule has 0 aromatic carbocycles. The molecule has 1 aromatic rings. The van der Waals surface area contributed by atoms with E-state index in [2.05, 4.69) is 14.9 Å². The number of nitrogens with zero attached hydrogens (tertiary/aromatic N) is 3. The standard InChI is InChI=1S/C19H29N3O6/c1-22(12-16(25)27-2)19(26)17-20-18(28-21-17)14(11-15(23)24)10-6-9-13-7-4-3-5-8-13/h13-14H,3-12H2,1-2H3,(H,23,24)/t14-/m1/s1. The Morgan fingerprint density at radius 3 is 2.64 bits per heavy atom. The fraction of sp³-hybridized carbons (Fsp3) is 0.737. The molecule has 0 spiro atoms. The van der Waals surface area contributed by atoms with Crippen molar-refractivity contribution in [2.45, 2.75) is 63.7 Å². The summed E-state index contributed by atoms with van der Waals surface area (Å²) in [5.74, 6) is -1.85. The van der Waals surface area contributed by atoms with Crippen LogP contribution < -0.4 is 0 Å². The molecule has 1 amide bonds. The smallest absolute Gasteiger partial charge is 0.325 e. The van der Waals surface area contributed by atoms with E-state index >= 15 is 0 Å². The lowest BCUT2D eigenvalue weighted by Gasteiger charge is -2.21. The number of carbonyl (C=O) groups is 3. The Hall–Kier alpha value is -2.45. The Kier molecular flexibility index (Phi) is 8.41. The Labute approximate surface area is 164 Å². The first-order valence-electron chi connectivity index (χ1n) is 9.78. The number of methoxy groups -OCH3 is 1. The number of carboxylic acid groups (broad SMARTS) is 1. The van der Waals surface area contributed by atoms with Crippen molar-refractivity contribution in [1.82, 2.24) is 15.0 Å². The average Bonchev–Trinajstić information content (AvgIpc) is 3.17. The van der Waals surface area contributed by atoms with Gasteiger partial charge in [-0.15, -0.1) is 0 Å². The summed E-state index contributed by atoms with van der Waals surface area (Å²) >= 11 is 0. The minimum absolute atomic E-state index is 0.126. The van der Waals surface area contributed by atoms with Crippen molar-refractivity contribution >= 4 is 17.8 Å². The lowest BCUT2D eigenvalue weighted by atomic mass is 9.84. The molecular weight excluding hydrogens is 366 g/mol. The van der Waals surface area contributed by atoms with Gasteiger partial charge >= 0.3 is 11.9 Å². The third kappa shape index (κ3) is 6.61. The molecule has 1 aliphatic rings. The Morgan fingerprint density at radius 2 is 2.00 bits per heavy atom. The zero-order valence-corrected chi connectivity index (χ0v) is 16.6. The van der Waals surface area contributed by atoms with Crippen LogP contribution in [0.2, 0.25) is 0 Å². The number of amides is 1. The van der Waals surface area contributed by atoms with E-state index in [1.807, 2.05) is 0 Å². The quantitative estimate of drug-likeness (QED) is 0.600. The zero-order chi connectivity index (χ0) is 20.5. The fourth-order valence-electron chi connectivity index (χ4n) is 3.64. The summed E-state index contributed by atoms with van der Waals surface area (Å²) in [6, 6.07) is 0. The molecule has 156 valence electrons. The maximum atomic E-state index is 12.3. The second-order valence-electron chi connectivity index (χ2n) is 7.42. The first-order valence-corrected chi connectivity index (χ1v) is 9.78. The van der Waals surface area contributed by atoms with Gasteiger partial charge in [-0.1, -0.05) is 50.1 Å². The molecule has 9 heteroatoms. The lowest BCUT2D eigenvalue weighted by molar-refractivity contribution is -0.141. The molecule has 1 fully saturated rings. The average molecular weight is 395 g/mol. The first-order chi connectivity index (χ1) is 13.4. The molecule has 1 atom stereocenters. The van der Waals surface area contributed by atoms with E-state index in [1.165, 1.54) is 46.3 Å². The van der Waals surface area contributed by atoms with E-state index in [-0.39, 0.29) is 24.7 Å². The minimum atomic E-state index is -0.948. The van der Waals surface area contributed by atoms with E-state index in [4.69, 9.17) is 4.52 Å². The molecule has 0 bridgehead atoms. The molecule has 1 aliphatic carbocycles. The van der Waals surface area contributed by atoms with Crippen molar-refractivity contribution in [1.29, 1.82) is 0 Å². The van der Waals surface area contributed by atoms with Crippen molar-refractivity contribution in [2.75, 3.05) is 20.7 Å². The number of ether oxygens (including phenoxy) is 1. The minimum Gasteiger partial charge on any atom is -0.481 e. The Bertz CT molecular complexity index is 668. The number of aliphatic carboxylic acids is 1. The fourth-order valence-corrected chi connectivity index (χ4v) is 3.64. The van der Waals surface area contributed by atoms with Crippen LogP contribution >= 0.6 is 0 Å². The summed E-state index contributed by atoms with van der Waals surface area (Å²) in [5, 5.41) is 12.9. The van der Waals surface area contributed by atoms with E-state index < -0.39 is 23.8 Å². The van der Waals surface area contributed by atoms with Crippen LogP contribution in [-0.4, -0.2) is 58.7 Å². The van der Waals surface area contributed by atoms with Crippen molar-refractivity contribution < 1.29 is 28.8 Å². The summed E-state index contributed by atoms with van der Waals surface area (Å²) in [7, 11) is 2.66. The van der Waals surface area contributed by atoms with Crippen LogP contribution in [0.4, 0.5) is 0 Å². The number of carboxylic acids is 1. The highest BCUT2D eigenvalue weighted by atomic mass is 16.5. The van der Waals surface area contributed by atoms with E-state index in [1.54, 1.807) is 0 Å². The number of aromatic nitrogens is 2. The van der Waals surface area contributed by atoms with E-state index in [0.29, 0.717) is 12.3 Å². The third-order valence-corrected chi connectivity index (χ3v) is 5.23. The third-order valence-electron chi connectivity index (χ3n) is 5.23. The molecule has 1 saturated carbocycles. The van der Waals surface area contributed by atoms with Crippen LogP contribution in [0.3, 0.4) is 0 Å². The molecule has 0 unspecified atom stereocenters. The van der Waals surface area contributed by atoms with Crippen molar-refractivity contribution in [3.8, 4) is 0 Å². The van der Waals surface area contributed by atoms with Crippen LogP contribution in [-0.2, 0) is 14.3 Å². The molecule has 0 aliphatic heterocycles. The van der Waals surface area contributed by atoms with Crippen molar-refractivity contribution in [3.05, 3.63) is 11.7 Å². The summed E-state index contributed by atoms with van der Waals surface area (Å²) in [6.45, 7) is -0.237. The van der Waals surface area contributed by atoms with E-state index in [9.17, 15) is 19.5 Å². The summed E-state index contributed by atoms with van der Waals surface area (Å²) in [6.07, 6.45) is 8.80. The molecule has 1 aromatic heterocycles. The van der Waals surface area contributed by atoms with Gasteiger partial charge in [0.1, 0.15) is 6.54 Å². The van der Waals surface area contributed by atoms with Gasteiger partial charge in [-0.3, -0.25) is 14.4 Å². The van der Waals surface area contributed by atoms with Crippen LogP contribution in [0, 0.1) is 5.92 Å². The van der Waals surface area contributed by atoms with Crippen LogP contribution in [0.15, 0.2) is 4.52 Å². The molecular formula is C19H29N3O6. The number of esters is 1. The van der Waals surface area contributed by atoms with Gasteiger partial charge in [-0.25, -0.2) is 0 Å². The highest BCUT2D eigenvalue weighted by Gasteiger charge is 2.26. The molecule has 2 rings (SSSR count). The molecule has 1 N–H and O–H groups in total. The van der Waals surface area contributed by atoms with Gasteiger partial charge in [0.25, 0.3) is 11.7 Å². The van der Waals surface area contributed by atoms with Gasteiger partial charge in [0.05, 0.1) is 13.5 Å². The number of likely N-dealkylation sites (N-methyl/N-ethyl adjacent to an activating group) is 1. The second-order valence-corrected chi connectivity index (χ2v) is 7.42. The predicted octanol–water partition coefficient (Wildman–Crippen LogP) is 2.62. The monoisotopic (exact) mass is 395 g/mol. The van der Waals surface area contributed by atoms with Gasteiger partial charge in [0, 0.05) is 13.0 Å². The molecule has 1 heterocycles. The molecule has 0 radical (unpaired) electrons. The van der Waals surface area contributed by atoms with Crippen molar-refractivity contribution in [2.24, 2.45) is 5.92 Å². The maximum Gasteiger partial charge on any atom is 0.325 e. The number of hydrogen-bond acceptors (Lipinski definition) is 7. The molecule has 28 heavy (non-hydrogen) atoms. The normalized spacial score (nSPS) is 15.8. The lowest BCUT2D eigenvalue weighted by Crippen LogP contribution is -2.33. The number of hydrogen-bond donors (Lipinski definition) is 1. The van der Waals surface area contributed by atoms with Crippen LogP contribution in [0.25, 0.3) is 0 Å². The van der Waals surface area contributed by atoms with E-state index in [0.717, 1.165) is 17.7 Å². The van der Waals surface area contributed by atoms with Gasteiger partial charge in [0.15, 0.2) is 0 Å². The van der Waals surface area contributed by atoms with Crippen molar-refractivity contribution in [3.63, 3.8) is 0 Å². The van der Waals surface area contributed by atoms with Gasteiger partial charge in [-0.05, 0) is 12.3 Å². The maximum absolute atomic E-state index is 12.3. The topological polar surface area (TPSA) is 123 Å². The number of rotatable bonds is 10. The SMILES string of the molecule is COC(=O)CN(C)C(=O)c1noc([C@H](CCCC2CCCCC2)CC(=O)O)n1. The highest BCUT2D eigenvalue weighted by molar-refractivity contribution is 5.92. The first kappa shape index (κ1) is 21.8. The summed E-state index contributed by atoms with van der Waals surface area (Å²) in [4.78, 5) is 40.0. The summed E-state index contributed by atoms with van der Waals surface area (Å²) in [5.41, 5.74) is 0. The molecule has 0 saturated heterocycles. The second kappa shape index (κ2) is 10.8.